The molecule has 0 fully saturated rings. The summed E-state index contributed by atoms with van der Waals surface area (Å²) in [6.45, 7) is 0.137. The fourth-order valence-corrected chi connectivity index (χ4v) is 3.56. The molecular weight excluding hydrogens is 426 g/mol. The number of benzene rings is 2. The number of allylic oxidation sites excluding steroid dienone is 1. The largest absolute Gasteiger partial charge is 0.503 e. The quantitative estimate of drug-likeness (QED) is 0.324. The van der Waals surface area contributed by atoms with E-state index in [9.17, 15) is 19.5 Å². The molecule has 2 aromatic carbocycles. The second kappa shape index (κ2) is 11.2. The minimum atomic E-state index is -0.866. The van der Waals surface area contributed by atoms with E-state index < -0.39 is 29.5 Å². The van der Waals surface area contributed by atoms with Crippen molar-refractivity contribution in [3.05, 3.63) is 88.7 Å². The number of carbonyl (C=O) groups is 3. The standard InChI is InChI=1S/C25H25NO7/c1-32-25(31)19-10-8-18(9-11-19)22-21(20(28)12-7-17-5-3-2-4-6-17)23(29)24(30)26(22)13-15-33-16-14-27/h2-12,22,27,29H,13-16H2,1H3. The highest BCUT2D eigenvalue weighted by molar-refractivity contribution is 6.14. The van der Waals surface area contributed by atoms with Gasteiger partial charge < -0.3 is 24.6 Å². The third-order valence-electron chi connectivity index (χ3n) is 5.16. The van der Waals surface area contributed by atoms with Gasteiger partial charge in [-0.25, -0.2) is 4.79 Å². The molecule has 8 heteroatoms. The Balaban J connectivity index is 1.94. The van der Waals surface area contributed by atoms with Crippen LogP contribution < -0.4 is 0 Å². The molecule has 2 aromatic rings. The van der Waals surface area contributed by atoms with Gasteiger partial charge in [0.05, 0.1) is 44.1 Å². The van der Waals surface area contributed by atoms with Gasteiger partial charge in [-0.05, 0) is 29.3 Å². The van der Waals surface area contributed by atoms with Crippen LogP contribution in [0.1, 0.15) is 27.5 Å². The van der Waals surface area contributed by atoms with Crippen LogP contribution in [0.3, 0.4) is 0 Å². The molecule has 0 saturated carbocycles. The zero-order valence-corrected chi connectivity index (χ0v) is 18.1. The number of ether oxygens (including phenoxy) is 2. The summed E-state index contributed by atoms with van der Waals surface area (Å²) in [5, 5.41) is 19.5. The number of nitrogens with zero attached hydrogens (tertiary/aromatic N) is 1. The monoisotopic (exact) mass is 451 g/mol. The van der Waals surface area contributed by atoms with Gasteiger partial charge in [-0.1, -0.05) is 48.5 Å². The fourth-order valence-electron chi connectivity index (χ4n) is 3.56. The van der Waals surface area contributed by atoms with E-state index in [-0.39, 0.29) is 31.9 Å². The molecule has 1 heterocycles. The van der Waals surface area contributed by atoms with Crippen molar-refractivity contribution in [2.75, 3.05) is 33.5 Å². The molecule has 0 radical (unpaired) electrons. The molecule has 8 nitrogen and oxygen atoms in total. The van der Waals surface area contributed by atoms with Crippen LogP contribution in [0.25, 0.3) is 6.08 Å². The highest BCUT2D eigenvalue weighted by Gasteiger charge is 2.42. The van der Waals surface area contributed by atoms with Crippen LogP contribution in [0.15, 0.2) is 72.0 Å². The highest BCUT2D eigenvalue weighted by atomic mass is 16.5. The molecule has 0 aliphatic carbocycles. The van der Waals surface area contributed by atoms with Gasteiger partial charge in [0.1, 0.15) is 0 Å². The van der Waals surface area contributed by atoms with E-state index in [1.807, 2.05) is 30.3 Å². The Morgan fingerprint density at radius 3 is 2.39 bits per heavy atom. The van der Waals surface area contributed by atoms with Crippen LogP contribution >= 0.6 is 0 Å². The normalized spacial score (nSPS) is 16.0. The number of methoxy groups -OCH3 is 1. The number of ketones is 1. The lowest BCUT2D eigenvalue weighted by Crippen LogP contribution is -2.34. The number of carbonyl (C=O) groups excluding carboxylic acids is 3. The second-order valence-corrected chi connectivity index (χ2v) is 7.22. The molecule has 3 rings (SSSR count). The van der Waals surface area contributed by atoms with Gasteiger partial charge in [0.2, 0.25) is 0 Å². The number of aliphatic hydroxyl groups excluding tert-OH is 2. The summed E-state index contributed by atoms with van der Waals surface area (Å²) >= 11 is 0. The minimum absolute atomic E-state index is 0.0554. The van der Waals surface area contributed by atoms with Crippen LogP contribution in [-0.4, -0.2) is 66.2 Å². The van der Waals surface area contributed by atoms with Gasteiger partial charge in [0.15, 0.2) is 11.5 Å². The number of hydrogen-bond donors (Lipinski definition) is 2. The Kier molecular flexibility index (Phi) is 8.12. The lowest BCUT2D eigenvalue weighted by Gasteiger charge is -2.26. The van der Waals surface area contributed by atoms with Crippen LogP contribution in [0.2, 0.25) is 0 Å². The molecule has 0 spiro atoms. The number of hydrogen-bond acceptors (Lipinski definition) is 7. The molecule has 1 aliphatic heterocycles. The Bertz CT molecular complexity index is 1060. The Labute approximate surface area is 191 Å². The van der Waals surface area contributed by atoms with Crippen molar-refractivity contribution in [2.45, 2.75) is 6.04 Å². The molecule has 0 bridgehead atoms. The van der Waals surface area contributed by atoms with Gasteiger partial charge >= 0.3 is 5.97 Å². The molecule has 172 valence electrons. The summed E-state index contributed by atoms with van der Waals surface area (Å²) in [5.41, 5.74) is 1.59. The maximum Gasteiger partial charge on any atom is 0.337 e. The highest BCUT2D eigenvalue weighted by Crippen LogP contribution is 2.38. The van der Waals surface area contributed by atoms with Crippen molar-refractivity contribution in [1.29, 1.82) is 0 Å². The SMILES string of the molecule is COC(=O)c1ccc(C2C(C(=O)C=Cc3ccccc3)=C(O)C(=O)N2CCOCCO)cc1. The van der Waals surface area contributed by atoms with Gasteiger partial charge in [-0.2, -0.15) is 0 Å². The minimum Gasteiger partial charge on any atom is -0.503 e. The van der Waals surface area contributed by atoms with Crippen molar-refractivity contribution in [1.82, 2.24) is 4.90 Å². The smallest absolute Gasteiger partial charge is 0.337 e. The van der Waals surface area contributed by atoms with E-state index in [0.29, 0.717) is 11.1 Å². The van der Waals surface area contributed by atoms with Crippen molar-refractivity contribution >= 4 is 23.7 Å². The number of amides is 1. The van der Waals surface area contributed by atoms with E-state index >= 15 is 0 Å². The lowest BCUT2D eigenvalue weighted by molar-refractivity contribution is -0.130. The summed E-state index contributed by atoms with van der Waals surface area (Å²) in [6.07, 6.45) is 2.92. The van der Waals surface area contributed by atoms with Crippen LogP contribution in [0.4, 0.5) is 0 Å². The molecule has 1 aliphatic rings. The van der Waals surface area contributed by atoms with Gasteiger partial charge in [-0.15, -0.1) is 0 Å². The summed E-state index contributed by atoms with van der Waals surface area (Å²) in [7, 11) is 1.27. The van der Waals surface area contributed by atoms with E-state index in [4.69, 9.17) is 14.6 Å². The first-order valence-electron chi connectivity index (χ1n) is 10.4. The zero-order valence-electron chi connectivity index (χ0n) is 18.1. The van der Waals surface area contributed by atoms with Crippen molar-refractivity contribution < 1.29 is 34.1 Å². The maximum atomic E-state index is 13.1. The van der Waals surface area contributed by atoms with Gasteiger partial charge in [-0.3, -0.25) is 9.59 Å². The summed E-state index contributed by atoms with van der Waals surface area (Å²) in [6, 6.07) is 14.6. The average Bonchev–Trinajstić information content (AvgIpc) is 3.10. The number of aliphatic hydroxyl groups is 2. The van der Waals surface area contributed by atoms with Crippen molar-refractivity contribution in [3.63, 3.8) is 0 Å². The summed E-state index contributed by atoms with van der Waals surface area (Å²) in [5.74, 6) is -2.34. The Hall–Kier alpha value is -3.75. The Morgan fingerprint density at radius 1 is 1.06 bits per heavy atom. The lowest BCUT2D eigenvalue weighted by atomic mass is 9.95. The molecule has 1 atom stereocenters. The molecule has 0 aromatic heterocycles. The molecule has 2 N–H and O–H groups in total. The first kappa shape index (κ1) is 23.9. The molecular formula is C25H25NO7. The van der Waals surface area contributed by atoms with Crippen molar-refractivity contribution in [3.8, 4) is 0 Å². The summed E-state index contributed by atoms with van der Waals surface area (Å²) < 4.78 is 9.99. The molecule has 0 saturated heterocycles. The molecule has 1 amide bonds. The topological polar surface area (TPSA) is 113 Å². The van der Waals surface area contributed by atoms with Gasteiger partial charge in [0.25, 0.3) is 5.91 Å². The zero-order chi connectivity index (χ0) is 23.8. The predicted octanol–water partition coefficient (Wildman–Crippen LogP) is 2.46. The number of rotatable bonds is 10. The van der Waals surface area contributed by atoms with Crippen LogP contribution in [0.5, 0.6) is 0 Å². The molecule has 1 unspecified atom stereocenters. The third kappa shape index (κ3) is 5.54. The fraction of sp³-hybridized carbons (Fsp3) is 0.240. The maximum absolute atomic E-state index is 13.1. The first-order chi connectivity index (χ1) is 16.0. The van der Waals surface area contributed by atoms with Crippen LogP contribution in [-0.2, 0) is 19.1 Å². The Morgan fingerprint density at radius 2 is 1.76 bits per heavy atom. The van der Waals surface area contributed by atoms with E-state index in [1.54, 1.807) is 18.2 Å². The second-order valence-electron chi connectivity index (χ2n) is 7.22. The van der Waals surface area contributed by atoms with Crippen molar-refractivity contribution in [2.24, 2.45) is 0 Å². The van der Waals surface area contributed by atoms with E-state index in [0.717, 1.165) is 5.56 Å². The average molecular weight is 451 g/mol. The first-order valence-corrected chi connectivity index (χ1v) is 10.4. The van der Waals surface area contributed by atoms with Gasteiger partial charge in [0, 0.05) is 6.54 Å². The van der Waals surface area contributed by atoms with E-state index in [1.165, 1.54) is 30.2 Å². The van der Waals surface area contributed by atoms with Crippen LogP contribution in [0, 0.1) is 0 Å². The third-order valence-corrected chi connectivity index (χ3v) is 5.16. The van der Waals surface area contributed by atoms with E-state index in [2.05, 4.69) is 0 Å². The number of esters is 1. The summed E-state index contributed by atoms with van der Waals surface area (Å²) in [4.78, 5) is 39.0. The molecule has 33 heavy (non-hydrogen) atoms. The predicted molar refractivity (Wildman–Crippen MR) is 120 cm³/mol.